The number of carbonyl (C=O) groups is 1. The molecule has 5 heteroatoms. The van der Waals surface area contributed by atoms with Crippen LogP contribution in [0.4, 0.5) is 0 Å². The lowest BCUT2D eigenvalue weighted by atomic mass is 9.34. The quantitative estimate of drug-likeness (QED) is 0.390. The lowest BCUT2D eigenvalue weighted by molar-refractivity contribution is -0.213. The van der Waals surface area contributed by atoms with Crippen LogP contribution in [0.15, 0.2) is 22.4 Å². The number of aromatic nitrogens is 1. The number of fused-ring (bicyclic) bond motifs is 8. The Bertz CT molecular complexity index is 1330. The molecule has 7 atom stereocenters. The van der Waals surface area contributed by atoms with Gasteiger partial charge in [0, 0.05) is 41.9 Å². The van der Waals surface area contributed by atoms with Crippen molar-refractivity contribution in [2.75, 3.05) is 32.8 Å². The number of rotatable bonds is 2. The molecule has 2 saturated heterocycles. The maximum Gasteiger partial charge on any atom is 0.159 e. The summed E-state index contributed by atoms with van der Waals surface area (Å²) in [6, 6.07) is 0. The second-order valence-electron chi connectivity index (χ2n) is 18.3. The van der Waals surface area contributed by atoms with Crippen LogP contribution in [0.1, 0.15) is 105 Å². The van der Waals surface area contributed by atoms with E-state index >= 15 is 0 Å². The zero-order valence-electron chi connectivity index (χ0n) is 26.7. The van der Waals surface area contributed by atoms with E-state index in [-0.39, 0.29) is 33.0 Å². The average molecular weight is 561 g/mol. The lowest BCUT2D eigenvalue weighted by Gasteiger charge is -2.70. The summed E-state index contributed by atoms with van der Waals surface area (Å²) < 4.78 is 11.5. The Labute approximate surface area is 247 Å². The third kappa shape index (κ3) is 3.32. The van der Waals surface area contributed by atoms with E-state index in [4.69, 9.17) is 9.26 Å². The van der Waals surface area contributed by atoms with Gasteiger partial charge in [0.2, 0.25) is 0 Å². The Morgan fingerprint density at radius 3 is 2.41 bits per heavy atom. The number of carbonyl (C=O) groups excluding carboxylic acids is 1. The van der Waals surface area contributed by atoms with Gasteiger partial charge in [-0.05, 0) is 96.4 Å². The summed E-state index contributed by atoms with van der Waals surface area (Å²) in [4.78, 5) is 17.5. The molecular formula is C36H52N2O3. The van der Waals surface area contributed by atoms with Crippen molar-refractivity contribution in [2.24, 2.45) is 50.2 Å². The molecule has 5 fully saturated rings. The van der Waals surface area contributed by atoms with Crippen LogP contribution < -0.4 is 0 Å². The third-order valence-electron chi connectivity index (χ3n) is 15.0. The number of allylic oxidation sites excluding steroid dienone is 2. The largest absolute Gasteiger partial charge is 0.380 e. The fraction of sp³-hybridized carbons (Fsp3) is 0.833. The highest BCUT2D eigenvalue weighted by atomic mass is 16.5. The van der Waals surface area contributed by atoms with Gasteiger partial charge in [-0.15, -0.1) is 0 Å². The molecule has 0 amide bonds. The standard InChI is InChI=1S/C36H52N2O3/c1-30(2)10-12-36(20-38-18-35(19-38)21-40-22-35)13-11-34(7)28(24(36)16-30)25(39)14-27-32(5)15-23-17-37-41-29(23)31(3,4)26(32)8-9-33(27,34)6/h14,17,24,26,28H,8-13,15-16,18-22H2,1-7H3/t24-,26-,28-,32-,33+,34+,36+/m0/s1. The van der Waals surface area contributed by atoms with Crippen molar-refractivity contribution in [1.82, 2.24) is 10.1 Å². The van der Waals surface area contributed by atoms with Gasteiger partial charge in [0.1, 0.15) is 5.76 Å². The van der Waals surface area contributed by atoms with Gasteiger partial charge >= 0.3 is 0 Å². The number of ether oxygens (including phenoxy) is 1. The van der Waals surface area contributed by atoms with Crippen LogP contribution in [-0.2, 0) is 21.4 Å². The molecule has 8 rings (SSSR count). The third-order valence-corrected chi connectivity index (χ3v) is 15.0. The molecule has 0 unspecified atom stereocenters. The Morgan fingerprint density at radius 2 is 1.71 bits per heavy atom. The van der Waals surface area contributed by atoms with Gasteiger partial charge in [0.25, 0.3) is 0 Å². The van der Waals surface area contributed by atoms with Crippen LogP contribution in [0.3, 0.4) is 0 Å². The second-order valence-corrected chi connectivity index (χ2v) is 18.3. The zero-order valence-corrected chi connectivity index (χ0v) is 26.7. The van der Waals surface area contributed by atoms with Gasteiger partial charge in [0.15, 0.2) is 5.78 Å². The Morgan fingerprint density at radius 1 is 0.976 bits per heavy atom. The van der Waals surface area contributed by atoms with E-state index in [0.717, 1.165) is 25.4 Å². The molecule has 41 heavy (non-hydrogen) atoms. The van der Waals surface area contributed by atoms with Crippen molar-refractivity contribution in [3.8, 4) is 0 Å². The van der Waals surface area contributed by atoms with Crippen molar-refractivity contribution in [2.45, 2.75) is 105 Å². The van der Waals surface area contributed by atoms with E-state index < -0.39 is 0 Å². The molecule has 2 aliphatic heterocycles. The van der Waals surface area contributed by atoms with Crippen molar-refractivity contribution >= 4 is 5.78 Å². The lowest BCUT2D eigenvalue weighted by Crippen LogP contribution is -2.70. The summed E-state index contributed by atoms with van der Waals surface area (Å²) in [7, 11) is 0. The molecule has 0 aromatic carbocycles. The van der Waals surface area contributed by atoms with E-state index in [0.29, 0.717) is 28.4 Å². The molecule has 3 heterocycles. The summed E-state index contributed by atoms with van der Waals surface area (Å²) >= 11 is 0. The van der Waals surface area contributed by atoms with Gasteiger partial charge in [-0.1, -0.05) is 59.2 Å². The van der Waals surface area contributed by atoms with E-state index in [9.17, 15) is 4.79 Å². The van der Waals surface area contributed by atoms with Crippen LogP contribution in [-0.4, -0.2) is 48.7 Å². The minimum atomic E-state index is -0.0863. The first-order chi connectivity index (χ1) is 19.2. The van der Waals surface area contributed by atoms with Gasteiger partial charge in [-0.3, -0.25) is 4.79 Å². The van der Waals surface area contributed by atoms with Crippen LogP contribution in [0.25, 0.3) is 0 Å². The summed E-state index contributed by atoms with van der Waals surface area (Å²) in [5.41, 5.74) is 3.64. The summed E-state index contributed by atoms with van der Waals surface area (Å²) in [6.45, 7) is 22.7. The zero-order chi connectivity index (χ0) is 28.8. The minimum Gasteiger partial charge on any atom is -0.380 e. The van der Waals surface area contributed by atoms with Crippen LogP contribution >= 0.6 is 0 Å². The normalized spacial score (nSPS) is 47.0. The first-order valence-corrected chi connectivity index (χ1v) is 16.7. The Balaban J connectivity index is 1.19. The number of ketones is 1. The fourth-order valence-electron chi connectivity index (χ4n) is 12.7. The Hall–Kier alpha value is -1.46. The van der Waals surface area contributed by atoms with E-state index in [1.165, 1.54) is 75.7 Å². The molecule has 1 aromatic heterocycles. The smallest absolute Gasteiger partial charge is 0.159 e. The molecular weight excluding hydrogens is 508 g/mol. The van der Waals surface area contributed by atoms with Crippen molar-refractivity contribution in [3.05, 3.63) is 29.2 Å². The van der Waals surface area contributed by atoms with Crippen LogP contribution in [0.5, 0.6) is 0 Å². The highest BCUT2D eigenvalue weighted by molar-refractivity contribution is 5.95. The first kappa shape index (κ1) is 27.1. The van der Waals surface area contributed by atoms with Gasteiger partial charge in [0.05, 0.1) is 19.4 Å². The molecule has 1 aromatic rings. The van der Waals surface area contributed by atoms with Crippen molar-refractivity contribution in [3.63, 3.8) is 0 Å². The van der Waals surface area contributed by atoms with E-state index in [1.54, 1.807) is 0 Å². The van der Waals surface area contributed by atoms with E-state index in [2.05, 4.69) is 64.6 Å². The topological polar surface area (TPSA) is 55.6 Å². The molecule has 0 bridgehead atoms. The second kappa shape index (κ2) is 7.97. The molecule has 5 nitrogen and oxygen atoms in total. The highest BCUT2D eigenvalue weighted by Gasteiger charge is 2.70. The molecule has 0 N–H and O–H groups in total. The summed E-state index contributed by atoms with van der Waals surface area (Å²) in [6.07, 6.45) is 13.7. The van der Waals surface area contributed by atoms with Crippen molar-refractivity contribution < 1.29 is 14.1 Å². The molecule has 7 aliphatic rings. The van der Waals surface area contributed by atoms with Gasteiger partial charge < -0.3 is 14.2 Å². The summed E-state index contributed by atoms with van der Waals surface area (Å²) in [5, 5.41) is 4.25. The minimum absolute atomic E-state index is 0.000775. The van der Waals surface area contributed by atoms with Crippen LogP contribution in [0, 0.1) is 50.2 Å². The maximum absolute atomic E-state index is 14.8. The number of likely N-dealkylation sites (tertiary alicyclic amines) is 1. The highest BCUT2D eigenvalue weighted by Crippen LogP contribution is 2.75. The van der Waals surface area contributed by atoms with Crippen LogP contribution in [0.2, 0.25) is 0 Å². The molecule has 3 saturated carbocycles. The average Bonchev–Trinajstić information content (AvgIpc) is 3.31. The molecule has 5 aliphatic carbocycles. The fourth-order valence-corrected chi connectivity index (χ4v) is 12.7. The number of nitrogens with zero attached hydrogens (tertiary/aromatic N) is 2. The van der Waals surface area contributed by atoms with Crippen molar-refractivity contribution in [1.29, 1.82) is 0 Å². The molecule has 224 valence electrons. The van der Waals surface area contributed by atoms with E-state index in [1.807, 2.05) is 6.20 Å². The summed E-state index contributed by atoms with van der Waals surface area (Å²) in [5.74, 6) is 2.58. The monoisotopic (exact) mass is 560 g/mol. The Kier molecular flexibility index (Phi) is 5.27. The van der Waals surface area contributed by atoms with Gasteiger partial charge in [-0.2, -0.15) is 0 Å². The molecule has 1 spiro atoms. The SMILES string of the molecule is CC1(C)CC[C@]2(CN3CC4(COC4)C3)CC[C@]3(C)[C@H](C(=O)C=C4[C@@]5(C)Cc6cnoc6C(C)(C)[C@@H]5CC[C@]43C)[C@@H]2C1. The number of hydrogen-bond donors (Lipinski definition) is 0. The molecule has 0 radical (unpaired) electrons. The first-order valence-electron chi connectivity index (χ1n) is 16.7. The predicted molar refractivity (Wildman–Crippen MR) is 159 cm³/mol. The maximum atomic E-state index is 14.8. The number of hydrogen-bond acceptors (Lipinski definition) is 5. The van der Waals surface area contributed by atoms with Gasteiger partial charge in [-0.25, -0.2) is 0 Å². The predicted octanol–water partition coefficient (Wildman–Crippen LogP) is 7.00.